The van der Waals surface area contributed by atoms with Crippen LogP contribution >= 0.6 is 15.9 Å². The van der Waals surface area contributed by atoms with Crippen LogP contribution in [0.1, 0.15) is 20.8 Å². The van der Waals surface area contributed by atoms with Gasteiger partial charge in [-0.15, -0.1) is 0 Å². The van der Waals surface area contributed by atoms with Crippen LogP contribution in [0.15, 0.2) is 33.6 Å². The molecule has 6 heteroatoms. The molecule has 20 heavy (non-hydrogen) atoms. The predicted octanol–water partition coefficient (Wildman–Crippen LogP) is 2.29. The molecule has 1 amide bonds. The standard InChI is InChI=1S/C14H18BrNO3S/c1-9(2)14(10(3)17)16-13(18)8-20(19)12-6-4-11(15)5-7-12/h4-7,9,14H,8H2,1-3H3,(H,16,18). The zero-order valence-electron chi connectivity index (χ0n) is 11.7. The summed E-state index contributed by atoms with van der Waals surface area (Å²) in [5.74, 6) is -0.599. The lowest BCUT2D eigenvalue weighted by atomic mass is 10.0. The third-order valence-corrected chi connectivity index (χ3v) is 4.61. The normalized spacial score (nSPS) is 13.8. The molecule has 0 fully saturated rings. The van der Waals surface area contributed by atoms with Crippen LogP contribution in [-0.4, -0.2) is 27.7 Å². The highest BCUT2D eigenvalue weighted by molar-refractivity contribution is 9.10. The SMILES string of the molecule is CC(=O)C(NC(=O)CS(=O)c1ccc(Br)cc1)C(C)C. The van der Waals surface area contributed by atoms with Crippen molar-refractivity contribution >= 4 is 38.4 Å². The van der Waals surface area contributed by atoms with Crippen LogP contribution in [0.5, 0.6) is 0 Å². The predicted molar refractivity (Wildman–Crippen MR) is 82.9 cm³/mol. The van der Waals surface area contributed by atoms with Gasteiger partial charge in [-0.05, 0) is 37.1 Å². The summed E-state index contributed by atoms with van der Waals surface area (Å²) >= 11 is 3.29. The lowest BCUT2D eigenvalue weighted by Gasteiger charge is -2.19. The summed E-state index contributed by atoms with van der Waals surface area (Å²) in [7, 11) is -1.41. The van der Waals surface area contributed by atoms with E-state index in [-0.39, 0.29) is 23.4 Å². The number of benzene rings is 1. The van der Waals surface area contributed by atoms with E-state index in [4.69, 9.17) is 0 Å². The molecule has 1 aromatic rings. The average Bonchev–Trinajstić information content (AvgIpc) is 2.35. The summed E-state index contributed by atoms with van der Waals surface area (Å²) in [5.41, 5.74) is 0. The van der Waals surface area contributed by atoms with Crippen LogP contribution in [0, 0.1) is 5.92 Å². The molecule has 0 saturated carbocycles. The van der Waals surface area contributed by atoms with Crippen LogP contribution in [0.4, 0.5) is 0 Å². The number of hydrogen-bond donors (Lipinski definition) is 1. The molecule has 0 heterocycles. The first-order chi connectivity index (χ1) is 9.31. The Bertz CT molecular complexity index is 514. The molecule has 0 aromatic heterocycles. The molecule has 0 radical (unpaired) electrons. The summed E-state index contributed by atoms with van der Waals surface area (Å²) in [5, 5.41) is 2.64. The van der Waals surface area contributed by atoms with Crippen molar-refractivity contribution in [3.8, 4) is 0 Å². The Labute approximate surface area is 129 Å². The molecule has 2 atom stereocenters. The van der Waals surface area contributed by atoms with Gasteiger partial charge in [0.15, 0.2) is 5.78 Å². The number of hydrogen-bond acceptors (Lipinski definition) is 3. The quantitative estimate of drug-likeness (QED) is 0.847. The molecule has 110 valence electrons. The smallest absolute Gasteiger partial charge is 0.233 e. The Morgan fingerprint density at radius 2 is 1.80 bits per heavy atom. The molecule has 0 bridgehead atoms. The number of ketones is 1. The highest BCUT2D eigenvalue weighted by Gasteiger charge is 2.21. The molecule has 1 rings (SSSR count). The van der Waals surface area contributed by atoms with E-state index in [1.165, 1.54) is 6.92 Å². The fourth-order valence-corrected chi connectivity index (χ4v) is 2.93. The average molecular weight is 360 g/mol. The maximum absolute atomic E-state index is 12.0. The van der Waals surface area contributed by atoms with E-state index in [1.807, 2.05) is 13.8 Å². The molecule has 0 spiro atoms. The molecular formula is C14H18BrNO3S. The van der Waals surface area contributed by atoms with E-state index in [1.54, 1.807) is 24.3 Å². The van der Waals surface area contributed by atoms with E-state index < -0.39 is 16.8 Å². The van der Waals surface area contributed by atoms with E-state index in [0.29, 0.717) is 4.90 Å². The Balaban J connectivity index is 2.64. The summed E-state index contributed by atoms with van der Waals surface area (Å²) in [6.45, 7) is 5.16. The van der Waals surface area contributed by atoms with Gasteiger partial charge in [-0.25, -0.2) is 0 Å². The Morgan fingerprint density at radius 3 is 2.25 bits per heavy atom. The van der Waals surface area contributed by atoms with E-state index in [0.717, 1.165) is 4.47 Å². The molecule has 0 aliphatic heterocycles. The van der Waals surface area contributed by atoms with Crippen molar-refractivity contribution in [2.45, 2.75) is 31.7 Å². The molecule has 2 unspecified atom stereocenters. The zero-order valence-corrected chi connectivity index (χ0v) is 14.1. The van der Waals surface area contributed by atoms with Crippen molar-refractivity contribution < 1.29 is 13.8 Å². The van der Waals surface area contributed by atoms with Gasteiger partial charge in [0.2, 0.25) is 5.91 Å². The number of amides is 1. The first kappa shape index (κ1) is 17.0. The van der Waals surface area contributed by atoms with Gasteiger partial charge in [0.05, 0.1) is 16.8 Å². The number of carbonyl (C=O) groups excluding carboxylic acids is 2. The molecule has 1 aromatic carbocycles. The molecule has 0 saturated heterocycles. The van der Waals surface area contributed by atoms with E-state index >= 15 is 0 Å². The maximum Gasteiger partial charge on any atom is 0.233 e. The third-order valence-electron chi connectivity index (χ3n) is 2.76. The monoisotopic (exact) mass is 359 g/mol. The summed E-state index contributed by atoms with van der Waals surface area (Å²) in [4.78, 5) is 23.9. The van der Waals surface area contributed by atoms with Gasteiger partial charge in [-0.3, -0.25) is 13.8 Å². The molecular weight excluding hydrogens is 342 g/mol. The van der Waals surface area contributed by atoms with Crippen molar-refractivity contribution in [3.63, 3.8) is 0 Å². The highest BCUT2D eigenvalue weighted by Crippen LogP contribution is 2.13. The van der Waals surface area contributed by atoms with Gasteiger partial charge in [0.1, 0.15) is 5.75 Å². The van der Waals surface area contributed by atoms with Crippen molar-refractivity contribution in [1.29, 1.82) is 0 Å². The van der Waals surface area contributed by atoms with Crippen molar-refractivity contribution in [1.82, 2.24) is 5.32 Å². The first-order valence-electron chi connectivity index (χ1n) is 6.25. The number of Topliss-reactive ketones (excluding diaryl/α,β-unsaturated/α-hetero) is 1. The molecule has 0 aliphatic carbocycles. The topological polar surface area (TPSA) is 63.2 Å². The van der Waals surface area contributed by atoms with Crippen LogP contribution in [-0.2, 0) is 20.4 Å². The zero-order chi connectivity index (χ0) is 15.3. The summed E-state index contributed by atoms with van der Waals surface area (Å²) in [6, 6.07) is 6.44. The van der Waals surface area contributed by atoms with Crippen LogP contribution in [0.25, 0.3) is 0 Å². The van der Waals surface area contributed by atoms with Crippen LogP contribution in [0.3, 0.4) is 0 Å². The van der Waals surface area contributed by atoms with Gasteiger partial charge in [0, 0.05) is 9.37 Å². The number of nitrogens with one attached hydrogen (secondary N) is 1. The summed E-state index contributed by atoms with van der Waals surface area (Å²) in [6.07, 6.45) is 0. The first-order valence-corrected chi connectivity index (χ1v) is 8.36. The van der Waals surface area contributed by atoms with Crippen molar-refractivity contribution in [2.75, 3.05) is 5.75 Å². The minimum Gasteiger partial charge on any atom is -0.345 e. The Kier molecular flexibility index (Phi) is 6.55. The van der Waals surface area contributed by atoms with Gasteiger partial charge in [-0.1, -0.05) is 29.8 Å². The van der Waals surface area contributed by atoms with Gasteiger partial charge < -0.3 is 5.32 Å². The second kappa shape index (κ2) is 7.69. The minimum absolute atomic E-state index is 0.0116. The number of carbonyl (C=O) groups is 2. The highest BCUT2D eigenvalue weighted by atomic mass is 79.9. The van der Waals surface area contributed by atoms with Crippen molar-refractivity contribution in [2.24, 2.45) is 5.92 Å². The minimum atomic E-state index is -1.41. The third kappa shape index (κ3) is 5.17. The van der Waals surface area contributed by atoms with Gasteiger partial charge in [-0.2, -0.15) is 0 Å². The molecule has 1 N–H and O–H groups in total. The Morgan fingerprint density at radius 1 is 1.25 bits per heavy atom. The number of rotatable bonds is 6. The second-order valence-corrected chi connectivity index (χ2v) is 7.21. The maximum atomic E-state index is 12.0. The largest absolute Gasteiger partial charge is 0.345 e. The molecule has 4 nitrogen and oxygen atoms in total. The lowest BCUT2D eigenvalue weighted by molar-refractivity contribution is -0.126. The molecule has 0 aliphatic rings. The second-order valence-electron chi connectivity index (χ2n) is 4.84. The van der Waals surface area contributed by atoms with Gasteiger partial charge in [0.25, 0.3) is 0 Å². The van der Waals surface area contributed by atoms with E-state index in [2.05, 4.69) is 21.2 Å². The summed E-state index contributed by atoms with van der Waals surface area (Å²) < 4.78 is 12.9. The fourth-order valence-electron chi connectivity index (χ4n) is 1.74. The van der Waals surface area contributed by atoms with Crippen LogP contribution in [0.2, 0.25) is 0 Å². The Hall–Kier alpha value is -1.01. The lowest BCUT2D eigenvalue weighted by Crippen LogP contribution is -2.45. The fraction of sp³-hybridized carbons (Fsp3) is 0.429. The van der Waals surface area contributed by atoms with Gasteiger partial charge >= 0.3 is 0 Å². The number of halogens is 1. The van der Waals surface area contributed by atoms with Crippen LogP contribution < -0.4 is 5.32 Å². The van der Waals surface area contributed by atoms with Crippen molar-refractivity contribution in [3.05, 3.63) is 28.7 Å². The van der Waals surface area contributed by atoms with E-state index in [9.17, 15) is 13.8 Å².